The molecule has 0 radical (unpaired) electrons. The molecule has 0 fully saturated rings. The summed E-state index contributed by atoms with van der Waals surface area (Å²) in [5, 5.41) is 0. The number of aromatic nitrogens is 2. The molecule has 0 amide bonds. The number of imidazole rings is 1. The molecular weight excluding hydrogens is 290 g/mol. The zero-order valence-corrected chi connectivity index (χ0v) is 12.8. The molecule has 1 aliphatic heterocycles. The minimum absolute atomic E-state index is 0.191. The molecule has 5 heteroatoms. The Balaban J connectivity index is 1.35. The number of benzene rings is 2. The first-order valence-corrected chi connectivity index (χ1v) is 7.92. The third kappa shape index (κ3) is 3.00. The quantitative estimate of drug-likeness (QED) is 0.777. The first-order valence-electron chi connectivity index (χ1n) is 7.92. The molecule has 0 saturated heterocycles. The van der Waals surface area contributed by atoms with E-state index >= 15 is 0 Å². The number of fused-ring (bicyclic) bond motifs is 2. The molecule has 2 heterocycles. The number of rotatable bonds is 4. The maximum Gasteiger partial charge on any atom is 0.323 e. The van der Waals surface area contributed by atoms with Crippen molar-refractivity contribution >= 4 is 11.0 Å². The summed E-state index contributed by atoms with van der Waals surface area (Å²) in [6.07, 6.45) is 1.10. The second-order valence-corrected chi connectivity index (χ2v) is 5.93. The lowest BCUT2D eigenvalue weighted by Gasteiger charge is -2.28. The maximum absolute atomic E-state index is 11.3. The summed E-state index contributed by atoms with van der Waals surface area (Å²) in [5.74, 6) is 0.783. The highest BCUT2D eigenvalue weighted by Gasteiger charge is 2.15. The Labute approximate surface area is 133 Å². The Kier molecular flexibility index (Phi) is 3.63. The fourth-order valence-electron chi connectivity index (χ4n) is 3.14. The van der Waals surface area contributed by atoms with Crippen LogP contribution in [0.15, 0.2) is 47.3 Å². The van der Waals surface area contributed by atoms with Crippen LogP contribution in [0.4, 0.5) is 0 Å². The van der Waals surface area contributed by atoms with E-state index < -0.39 is 0 Å². The third-order valence-corrected chi connectivity index (χ3v) is 4.37. The Morgan fingerprint density at radius 2 is 1.87 bits per heavy atom. The van der Waals surface area contributed by atoms with Gasteiger partial charge in [-0.3, -0.25) is 4.90 Å². The second kappa shape index (κ2) is 5.93. The molecule has 0 unspecified atom stereocenters. The van der Waals surface area contributed by atoms with Gasteiger partial charge in [-0.1, -0.05) is 24.3 Å². The Hall–Kier alpha value is -2.53. The normalized spacial score (nSPS) is 14.8. The van der Waals surface area contributed by atoms with Gasteiger partial charge < -0.3 is 14.7 Å². The molecule has 0 aliphatic carbocycles. The van der Waals surface area contributed by atoms with Crippen molar-refractivity contribution in [2.24, 2.45) is 0 Å². The average molecular weight is 309 g/mol. The molecule has 0 spiro atoms. The number of hydrogen-bond acceptors (Lipinski definition) is 3. The van der Waals surface area contributed by atoms with Crippen molar-refractivity contribution in [1.29, 1.82) is 0 Å². The standard InChI is InChI=1S/C18H19N3O2/c22-18-19-16-6-5-15(11-17(16)20-18)23-10-9-21-8-7-13-3-1-2-4-14(13)12-21/h1-6,11H,7-10,12H2,(H2,19,20,22). The third-order valence-electron chi connectivity index (χ3n) is 4.37. The van der Waals surface area contributed by atoms with Gasteiger partial charge in [0.2, 0.25) is 0 Å². The molecule has 0 atom stereocenters. The number of nitrogens with one attached hydrogen (secondary N) is 2. The summed E-state index contributed by atoms with van der Waals surface area (Å²) in [6, 6.07) is 14.2. The SMILES string of the molecule is O=c1[nH]c2ccc(OCCN3CCc4ccccc4C3)cc2[nH]1. The van der Waals surface area contributed by atoms with Gasteiger partial charge in [0.25, 0.3) is 0 Å². The van der Waals surface area contributed by atoms with Gasteiger partial charge in [0.15, 0.2) is 0 Å². The van der Waals surface area contributed by atoms with Crippen LogP contribution < -0.4 is 10.4 Å². The van der Waals surface area contributed by atoms with Crippen molar-refractivity contribution in [3.05, 3.63) is 64.1 Å². The molecule has 23 heavy (non-hydrogen) atoms. The van der Waals surface area contributed by atoms with Crippen molar-refractivity contribution < 1.29 is 4.74 Å². The summed E-state index contributed by atoms with van der Waals surface area (Å²) in [7, 11) is 0. The number of nitrogens with zero attached hydrogens (tertiary/aromatic N) is 1. The fourth-order valence-corrected chi connectivity index (χ4v) is 3.14. The van der Waals surface area contributed by atoms with Crippen LogP contribution in [0, 0.1) is 0 Å². The van der Waals surface area contributed by atoms with Crippen molar-refractivity contribution in [2.45, 2.75) is 13.0 Å². The van der Waals surface area contributed by atoms with Crippen molar-refractivity contribution in [3.8, 4) is 5.75 Å². The van der Waals surface area contributed by atoms with Crippen LogP contribution in [0.3, 0.4) is 0 Å². The molecule has 1 aliphatic rings. The summed E-state index contributed by atoms with van der Waals surface area (Å²) in [4.78, 5) is 19.2. The highest BCUT2D eigenvalue weighted by molar-refractivity contribution is 5.75. The summed E-state index contributed by atoms with van der Waals surface area (Å²) in [5.41, 5.74) is 4.27. The molecule has 2 aromatic carbocycles. The Bertz CT molecular complexity index is 881. The number of H-pyrrole nitrogens is 2. The van der Waals surface area contributed by atoms with Gasteiger partial charge in [0.1, 0.15) is 12.4 Å². The fraction of sp³-hybridized carbons (Fsp3) is 0.278. The van der Waals surface area contributed by atoms with Gasteiger partial charge >= 0.3 is 5.69 Å². The van der Waals surface area contributed by atoms with E-state index in [4.69, 9.17) is 4.74 Å². The highest BCUT2D eigenvalue weighted by Crippen LogP contribution is 2.19. The lowest BCUT2D eigenvalue weighted by atomic mass is 10.0. The monoisotopic (exact) mass is 309 g/mol. The maximum atomic E-state index is 11.3. The van der Waals surface area contributed by atoms with E-state index in [0.29, 0.717) is 6.61 Å². The first-order chi connectivity index (χ1) is 11.3. The summed E-state index contributed by atoms with van der Waals surface area (Å²) >= 11 is 0. The lowest BCUT2D eigenvalue weighted by molar-refractivity contribution is 0.196. The van der Waals surface area contributed by atoms with Crippen LogP contribution in [-0.4, -0.2) is 34.6 Å². The van der Waals surface area contributed by atoms with E-state index in [0.717, 1.165) is 42.8 Å². The van der Waals surface area contributed by atoms with Crippen molar-refractivity contribution in [3.63, 3.8) is 0 Å². The zero-order chi connectivity index (χ0) is 15.6. The number of hydrogen-bond donors (Lipinski definition) is 2. The van der Waals surface area contributed by atoms with Crippen LogP contribution in [0.2, 0.25) is 0 Å². The average Bonchev–Trinajstić information content (AvgIpc) is 2.94. The minimum Gasteiger partial charge on any atom is -0.492 e. The van der Waals surface area contributed by atoms with Crippen molar-refractivity contribution in [2.75, 3.05) is 19.7 Å². The van der Waals surface area contributed by atoms with Gasteiger partial charge in [-0.2, -0.15) is 0 Å². The summed E-state index contributed by atoms with van der Waals surface area (Å²) in [6.45, 7) is 3.60. The van der Waals surface area contributed by atoms with Gasteiger partial charge in [-0.25, -0.2) is 4.79 Å². The molecular formula is C18H19N3O2. The number of ether oxygens (including phenoxy) is 1. The molecule has 0 bridgehead atoms. The minimum atomic E-state index is -0.191. The number of aromatic amines is 2. The van der Waals surface area contributed by atoms with Gasteiger partial charge in [0.05, 0.1) is 11.0 Å². The second-order valence-electron chi connectivity index (χ2n) is 5.93. The summed E-state index contributed by atoms with van der Waals surface area (Å²) < 4.78 is 5.84. The first kappa shape index (κ1) is 14.1. The van der Waals surface area contributed by atoms with Gasteiger partial charge in [0, 0.05) is 25.7 Å². The van der Waals surface area contributed by atoms with E-state index in [2.05, 4.69) is 39.1 Å². The highest BCUT2D eigenvalue weighted by atomic mass is 16.5. The van der Waals surface area contributed by atoms with Crippen LogP contribution in [-0.2, 0) is 13.0 Å². The largest absolute Gasteiger partial charge is 0.492 e. The van der Waals surface area contributed by atoms with E-state index in [-0.39, 0.29) is 5.69 Å². The van der Waals surface area contributed by atoms with Crippen LogP contribution in [0.1, 0.15) is 11.1 Å². The van der Waals surface area contributed by atoms with Crippen molar-refractivity contribution in [1.82, 2.24) is 14.9 Å². The van der Waals surface area contributed by atoms with Crippen LogP contribution >= 0.6 is 0 Å². The topological polar surface area (TPSA) is 61.1 Å². The van der Waals surface area contributed by atoms with Gasteiger partial charge in [-0.15, -0.1) is 0 Å². The van der Waals surface area contributed by atoms with Crippen LogP contribution in [0.5, 0.6) is 5.75 Å². The van der Waals surface area contributed by atoms with E-state index in [1.54, 1.807) is 0 Å². The van der Waals surface area contributed by atoms with Crippen LogP contribution in [0.25, 0.3) is 11.0 Å². The molecule has 2 N–H and O–H groups in total. The lowest BCUT2D eigenvalue weighted by Crippen LogP contribution is -2.33. The molecule has 4 rings (SSSR count). The zero-order valence-electron chi connectivity index (χ0n) is 12.8. The van der Waals surface area contributed by atoms with E-state index in [1.165, 1.54) is 11.1 Å². The Morgan fingerprint density at radius 1 is 1.04 bits per heavy atom. The molecule has 3 aromatic rings. The molecule has 1 aromatic heterocycles. The molecule has 118 valence electrons. The van der Waals surface area contributed by atoms with E-state index in [9.17, 15) is 4.79 Å². The predicted molar refractivity (Wildman–Crippen MR) is 89.8 cm³/mol. The van der Waals surface area contributed by atoms with E-state index in [1.807, 2.05) is 18.2 Å². The smallest absolute Gasteiger partial charge is 0.323 e. The predicted octanol–water partition coefficient (Wildman–Crippen LogP) is 2.29. The van der Waals surface area contributed by atoms with Gasteiger partial charge in [-0.05, 0) is 29.7 Å². The Morgan fingerprint density at radius 3 is 2.78 bits per heavy atom. The molecule has 0 saturated carbocycles. The molecule has 5 nitrogen and oxygen atoms in total.